The molecule has 0 aromatic heterocycles. The second-order valence-electron chi connectivity index (χ2n) is 7.69. The maximum atomic E-state index is 13.5. The third-order valence-electron chi connectivity index (χ3n) is 5.90. The molecule has 5 nitrogen and oxygen atoms in total. The lowest BCUT2D eigenvalue weighted by Crippen LogP contribution is -2.55. The molecule has 1 spiro atoms. The Morgan fingerprint density at radius 1 is 1.06 bits per heavy atom. The summed E-state index contributed by atoms with van der Waals surface area (Å²) < 4.78 is 19.8. The molecule has 3 aromatic carbocycles. The minimum Gasteiger partial charge on any atom is -0.453 e. The Morgan fingerprint density at radius 2 is 1.81 bits per heavy atom. The van der Waals surface area contributed by atoms with Crippen LogP contribution in [0.25, 0.3) is 0 Å². The Morgan fingerprint density at radius 3 is 2.61 bits per heavy atom. The summed E-state index contributed by atoms with van der Waals surface area (Å²) in [5.74, 6) is -0.112. The van der Waals surface area contributed by atoms with Crippen LogP contribution in [0.4, 0.5) is 10.1 Å². The van der Waals surface area contributed by atoms with Crippen molar-refractivity contribution in [1.29, 1.82) is 0 Å². The van der Waals surface area contributed by atoms with E-state index in [0.29, 0.717) is 33.5 Å². The first kappa shape index (κ1) is 18.7. The van der Waals surface area contributed by atoms with E-state index in [4.69, 9.17) is 33.0 Å². The zero-order chi connectivity index (χ0) is 21.3. The van der Waals surface area contributed by atoms with Crippen molar-refractivity contribution in [3.05, 3.63) is 93.2 Å². The molecule has 6 rings (SSSR count). The summed E-state index contributed by atoms with van der Waals surface area (Å²) in [6.45, 7) is 0. The van der Waals surface area contributed by atoms with Crippen LogP contribution in [0, 0.1) is 5.82 Å². The van der Waals surface area contributed by atoms with E-state index in [2.05, 4.69) is 5.32 Å². The number of anilines is 1. The first-order valence-electron chi connectivity index (χ1n) is 9.68. The number of halogens is 3. The lowest BCUT2D eigenvalue weighted by molar-refractivity contribution is -0.161. The summed E-state index contributed by atoms with van der Waals surface area (Å²) in [6, 6.07) is 16.4. The summed E-state index contributed by atoms with van der Waals surface area (Å²) in [7, 11) is 0. The SMILES string of the molecule is O=C1Nc2ccc(Cl)cc2[C@@]12Oc1ccc(Cl)cc1[C@@H]1CC(c3ccc(F)cc3)=NN12. The zero-order valence-corrected chi connectivity index (χ0v) is 17.4. The summed E-state index contributed by atoms with van der Waals surface area (Å²) in [5, 5.41) is 10.4. The Bertz CT molecular complexity index is 1290. The normalized spacial score (nSPS) is 23.1. The van der Waals surface area contributed by atoms with Crippen LogP contribution in [0.2, 0.25) is 10.0 Å². The Balaban J connectivity index is 1.58. The van der Waals surface area contributed by atoms with Gasteiger partial charge in [0.15, 0.2) is 0 Å². The second kappa shape index (κ2) is 6.45. The van der Waals surface area contributed by atoms with E-state index in [1.165, 1.54) is 12.1 Å². The molecule has 3 aromatic rings. The number of carbonyl (C=O) groups is 1. The number of hydrazone groups is 1. The molecule has 0 bridgehead atoms. The minimum absolute atomic E-state index is 0.293. The highest BCUT2D eigenvalue weighted by Crippen LogP contribution is 2.54. The molecular formula is C23H14Cl2FN3O2. The van der Waals surface area contributed by atoms with Gasteiger partial charge in [-0.3, -0.25) is 4.79 Å². The van der Waals surface area contributed by atoms with Gasteiger partial charge in [0.2, 0.25) is 0 Å². The summed E-state index contributed by atoms with van der Waals surface area (Å²) in [5.41, 5.74) is 2.05. The Kier molecular flexibility index (Phi) is 3.88. The maximum Gasteiger partial charge on any atom is 0.306 e. The fourth-order valence-electron chi connectivity index (χ4n) is 4.50. The fraction of sp³-hybridized carbons (Fsp3) is 0.130. The van der Waals surface area contributed by atoms with E-state index in [9.17, 15) is 9.18 Å². The van der Waals surface area contributed by atoms with Crippen LogP contribution in [0.3, 0.4) is 0 Å². The molecule has 0 fully saturated rings. The third kappa shape index (κ3) is 2.61. The highest BCUT2D eigenvalue weighted by atomic mass is 35.5. The molecule has 0 unspecified atom stereocenters. The lowest BCUT2D eigenvalue weighted by atomic mass is 9.92. The molecular weight excluding hydrogens is 440 g/mol. The number of nitrogens with zero attached hydrogens (tertiary/aromatic N) is 2. The van der Waals surface area contributed by atoms with Crippen LogP contribution in [-0.2, 0) is 10.5 Å². The van der Waals surface area contributed by atoms with Crippen molar-refractivity contribution in [3.63, 3.8) is 0 Å². The number of nitrogens with one attached hydrogen (secondary N) is 1. The van der Waals surface area contributed by atoms with Crippen LogP contribution in [0.5, 0.6) is 5.75 Å². The number of hydrogen-bond acceptors (Lipinski definition) is 4. The van der Waals surface area contributed by atoms with Crippen molar-refractivity contribution in [2.24, 2.45) is 5.10 Å². The Labute approximate surface area is 187 Å². The average Bonchev–Trinajstić information content (AvgIpc) is 3.31. The largest absolute Gasteiger partial charge is 0.453 e. The van der Waals surface area contributed by atoms with Crippen molar-refractivity contribution < 1.29 is 13.9 Å². The van der Waals surface area contributed by atoms with Gasteiger partial charge in [-0.1, -0.05) is 35.3 Å². The first-order valence-corrected chi connectivity index (χ1v) is 10.4. The molecule has 1 N–H and O–H groups in total. The monoisotopic (exact) mass is 453 g/mol. The van der Waals surface area contributed by atoms with Gasteiger partial charge in [0.1, 0.15) is 11.6 Å². The zero-order valence-electron chi connectivity index (χ0n) is 15.9. The number of benzene rings is 3. The highest BCUT2D eigenvalue weighted by Gasteiger charge is 2.61. The maximum absolute atomic E-state index is 13.5. The molecule has 0 aliphatic carbocycles. The molecule has 0 saturated heterocycles. The van der Waals surface area contributed by atoms with Gasteiger partial charge in [-0.05, 0) is 54.1 Å². The van der Waals surface area contributed by atoms with Crippen molar-refractivity contribution in [2.75, 3.05) is 5.32 Å². The third-order valence-corrected chi connectivity index (χ3v) is 6.37. The fourth-order valence-corrected chi connectivity index (χ4v) is 4.85. The highest BCUT2D eigenvalue weighted by molar-refractivity contribution is 6.31. The number of ether oxygens (including phenoxy) is 1. The van der Waals surface area contributed by atoms with Crippen molar-refractivity contribution in [1.82, 2.24) is 5.01 Å². The number of rotatable bonds is 1. The van der Waals surface area contributed by atoms with Crippen LogP contribution in [0.1, 0.15) is 29.2 Å². The van der Waals surface area contributed by atoms with Gasteiger partial charge in [0, 0.05) is 22.0 Å². The van der Waals surface area contributed by atoms with Crippen LogP contribution < -0.4 is 10.1 Å². The second-order valence-corrected chi connectivity index (χ2v) is 8.56. The van der Waals surface area contributed by atoms with Crippen LogP contribution >= 0.6 is 23.2 Å². The predicted octanol–water partition coefficient (Wildman–Crippen LogP) is 5.48. The first-order chi connectivity index (χ1) is 15.0. The number of carbonyl (C=O) groups excluding carboxylic acids is 1. The lowest BCUT2D eigenvalue weighted by Gasteiger charge is -2.44. The van der Waals surface area contributed by atoms with Gasteiger partial charge >= 0.3 is 5.72 Å². The average molecular weight is 454 g/mol. The van der Waals surface area contributed by atoms with Gasteiger partial charge in [-0.15, -0.1) is 0 Å². The topological polar surface area (TPSA) is 53.9 Å². The molecule has 3 heterocycles. The molecule has 1 amide bonds. The van der Waals surface area contributed by atoms with Gasteiger partial charge in [-0.2, -0.15) is 5.10 Å². The van der Waals surface area contributed by atoms with Gasteiger partial charge in [0.25, 0.3) is 5.91 Å². The summed E-state index contributed by atoms with van der Waals surface area (Å²) >= 11 is 12.5. The Hall–Kier alpha value is -3.09. The number of fused-ring (bicyclic) bond motifs is 6. The standard InChI is InChI=1S/C23H14Cl2FN3O2/c24-13-4-8-21-16(9-13)20-11-19(12-1-5-15(26)6-2-12)28-29(20)23(31-21)17-10-14(25)3-7-18(17)27-22(23)30/h1-10,20H,11H2,(H,27,30)/t20-,23+/m0/s1. The molecule has 154 valence electrons. The molecule has 3 aliphatic rings. The molecule has 0 radical (unpaired) electrons. The molecule has 0 saturated carbocycles. The van der Waals surface area contributed by atoms with E-state index < -0.39 is 5.72 Å². The van der Waals surface area contributed by atoms with E-state index in [0.717, 1.165) is 16.8 Å². The number of hydrogen-bond donors (Lipinski definition) is 1. The summed E-state index contributed by atoms with van der Waals surface area (Å²) in [4.78, 5) is 13.4. The van der Waals surface area contributed by atoms with Crippen molar-refractivity contribution >= 4 is 40.5 Å². The smallest absolute Gasteiger partial charge is 0.306 e. The quantitative estimate of drug-likeness (QED) is 0.530. The van der Waals surface area contributed by atoms with E-state index >= 15 is 0 Å². The van der Waals surface area contributed by atoms with Gasteiger partial charge in [0.05, 0.1) is 23.0 Å². The van der Waals surface area contributed by atoms with Gasteiger partial charge in [-0.25, -0.2) is 9.40 Å². The molecule has 2 atom stereocenters. The molecule has 31 heavy (non-hydrogen) atoms. The van der Waals surface area contributed by atoms with E-state index in [1.807, 2.05) is 6.07 Å². The van der Waals surface area contributed by atoms with Crippen molar-refractivity contribution in [3.8, 4) is 5.75 Å². The van der Waals surface area contributed by atoms with Crippen molar-refractivity contribution in [2.45, 2.75) is 18.2 Å². The van der Waals surface area contributed by atoms with Crippen LogP contribution in [0.15, 0.2) is 65.8 Å². The number of amides is 1. The predicted molar refractivity (Wildman–Crippen MR) is 116 cm³/mol. The van der Waals surface area contributed by atoms with E-state index in [-0.39, 0.29) is 17.8 Å². The summed E-state index contributed by atoms with van der Waals surface area (Å²) in [6.07, 6.45) is 0.507. The minimum atomic E-state index is -1.51. The van der Waals surface area contributed by atoms with E-state index in [1.54, 1.807) is 47.5 Å². The van der Waals surface area contributed by atoms with Gasteiger partial charge < -0.3 is 10.1 Å². The molecule has 3 aliphatic heterocycles. The molecule has 8 heteroatoms. The van der Waals surface area contributed by atoms with Crippen LogP contribution in [-0.4, -0.2) is 16.6 Å².